The van der Waals surface area contributed by atoms with E-state index in [0.717, 1.165) is 12.0 Å². The number of fused-ring (bicyclic) bond motifs is 5. The molecule has 0 aliphatic heterocycles. The maximum absolute atomic E-state index is 13.5. The standard InChI is InChI=1S/C30H35NO8/c1-17-12-20-21-9-11-30(36,25(34)14-26(35)39-16-18-6-4-5-7-23(18)31(37)38)29(21,3)15-24(33)27(20)28(2)10-8-19(32)13-22(17)28/h4-8,10,13,17,20-21,24,27,33,36H,9,11-12,14-16H2,1-3H3/t17?,20-,21-,24?,27+,28-,29-,30-/m0/s1. The number of nitro groups is 1. The minimum atomic E-state index is -1.81. The van der Waals surface area contributed by atoms with Gasteiger partial charge in [-0.1, -0.05) is 44.6 Å². The number of carbonyl (C=O) groups excluding carboxylic acids is 3. The van der Waals surface area contributed by atoms with Gasteiger partial charge in [0, 0.05) is 22.8 Å². The molecule has 3 fully saturated rings. The number of esters is 1. The largest absolute Gasteiger partial charge is 0.460 e. The number of ketones is 2. The summed E-state index contributed by atoms with van der Waals surface area (Å²) in [5, 5.41) is 34.6. The minimum absolute atomic E-state index is 0.0289. The lowest BCUT2D eigenvalue weighted by atomic mass is 9.44. The van der Waals surface area contributed by atoms with Crippen LogP contribution in [-0.2, 0) is 25.7 Å². The SMILES string of the molecule is CC1C[C@@H]2[C@H](C(O)C[C@@]3(C)[C@H]2CC[C@]3(O)C(=O)CC(=O)OCc2ccccc2[N+](=O)[O-])[C@@]2(C)C=CC(=O)C=C12. The summed E-state index contributed by atoms with van der Waals surface area (Å²) in [6.45, 7) is 5.65. The number of carbonyl (C=O) groups is 3. The van der Waals surface area contributed by atoms with Gasteiger partial charge in [-0.15, -0.1) is 0 Å². The second-order valence-electron chi connectivity index (χ2n) is 12.3. The monoisotopic (exact) mass is 537 g/mol. The van der Waals surface area contributed by atoms with E-state index >= 15 is 0 Å². The van der Waals surface area contributed by atoms with Crippen molar-refractivity contribution in [3.63, 3.8) is 0 Å². The van der Waals surface area contributed by atoms with E-state index in [1.54, 1.807) is 18.2 Å². The van der Waals surface area contributed by atoms with Crippen LogP contribution in [0.25, 0.3) is 0 Å². The number of aliphatic hydroxyl groups is 2. The smallest absolute Gasteiger partial charge is 0.313 e. The summed E-state index contributed by atoms with van der Waals surface area (Å²) in [5.74, 6) is -1.61. The zero-order valence-electron chi connectivity index (χ0n) is 22.5. The molecule has 1 aromatic carbocycles. The van der Waals surface area contributed by atoms with E-state index in [9.17, 15) is 34.7 Å². The van der Waals surface area contributed by atoms with Crippen molar-refractivity contribution >= 4 is 23.2 Å². The van der Waals surface area contributed by atoms with E-state index in [4.69, 9.17) is 4.74 Å². The number of aliphatic hydroxyl groups excluding tert-OH is 1. The van der Waals surface area contributed by atoms with Gasteiger partial charge in [0.2, 0.25) is 0 Å². The molecule has 9 heteroatoms. The van der Waals surface area contributed by atoms with E-state index < -0.39 is 45.6 Å². The van der Waals surface area contributed by atoms with Crippen molar-refractivity contribution in [2.75, 3.05) is 0 Å². The summed E-state index contributed by atoms with van der Waals surface area (Å²) in [7, 11) is 0. The van der Waals surface area contributed by atoms with Crippen LogP contribution in [-0.4, -0.2) is 44.4 Å². The maximum atomic E-state index is 13.5. The molecule has 0 saturated heterocycles. The van der Waals surface area contributed by atoms with Gasteiger partial charge in [-0.3, -0.25) is 24.5 Å². The molecule has 208 valence electrons. The number of allylic oxidation sites excluding steroid dienone is 4. The second-order valence-corrected chi connectivity index (χ2v) is 12.3. The number of ether oxygens (including phenoxy) is 1. The molecule has 1 aromatic rings. The molecule has 3 saturated carbocycles. The summed E-state index contributed by atoms with van der Waals surface area (Å²) in [6, 6.07) is 5.90. The molecule has 0 aromatic heterocycles. The van der Waals surface area contributed by atoms with Crippen molar-refractivity contribution in [1.29, 1.82) is 0 Å². The molecular weight excluding hydrogens is 502 g/mol. The lowest BCUT2D eigenvalue weighted by Gasteiger charge is -2.60. The fourth-order valence-electron chi connectivity index (χ4n) is 8.51. The molecule has 5 rings (SSSR count). The average molecular weight is 538 g/mol. The highest BCUT2D eigenvalue weighted by Gasteiger charge is 2.68. The van der Waals surface area contributed by atoms with Gasteiger partial charge >= 0.3 is 5.97 Å². The number of para-hydroxylation sites is 1. The number of Topliss-reactive ketones (excluding diaryl/α,β-unsaturated/α-hetero) is 1. The molecule has 9 nitrogen and oxygen atoms in total. The van der Waals surface area contributed by atoms with Gasteiger partial charge in [0.25, 0.3) is 5.69 Å². The normalized spacial score (nSPS) is 38.7. The number of benzene rings is 1. The third kappa shape index (κ3) is 4.17. The van der Waals surface area contributed by atoms with Gasteiger partial charge in [0.15, 0.2) is 11.6 Å². The molecule has 8 atom stereocenters. The maximum Gasteiger partial charge on any atom is 0.313 e. The van der Waals surface area contributed by atoms with Crippen LogP contribution in [0.2, 0.25) is 0 Å². The third-order valence-electron chi connectivity index (χ3n) is 10.3. The van der Waals surface area contributed by atoms with E-state index in [2.05, 4.69) is 13.8 Å². The molecule has 0 amide bonds. The number of nitrogens with zero attached hydrogens (tertiary/aromatic N) is 1. The van der Waals surface area contributed by atoms with Gasteiger partial charge in [-0.2, -0.15) is 0 Å². The topological polar surface area (TPSA) is 144 Å². The molecular formula is C30H35NO8. The predicted molar refractivity (Wildman–Crippen MR) is 140 cm³/mol. The van der Waals surface area contributed by atoms with Crippen molar-refractivity contribution < 1.29 is 34.3 Å². The van der Waals surface area contributed by atoms with Gasteiger partial charge in [0.1, 0.15) is 18.6 Å². The fourth-order valence-corrected chi connectivity index (χ4v) is 8.51. The Bertz CT molecular complexity index is 1300. The van der Waals surface area contributed by atoms with Crippen LogP contribution >= 0.6 is 0 Å². The molecule has 0 radical (unpaired) electrons. The van der Waals surface area contributed by atoms with Crippen LogP contribution in [0.4, 0.5) is 5.69 Å². The van der Waals surface area contributed by atoms with Crippen LogP contribution < -0.4 is 0 Å². The molecule has 4 aliphatic rings. The Morgan fingerprint density at radius 3 is 2.67 bits per heavy atom. The first-order valence-electron chi connectivity index (χ1n) is 13.6. The fraction of sp³-hybridized carbons (Fsp3) is 0.567. The summed E-state index contributed by atoms with van der Waals surface area (Å²) in [5.41, 5.74) is -2.16. The van der Waals surface area contributed by atoms with Gasteiger partial charge in [-0.25, -0.2) is 0 Å². The van der Waals surface area contributed by atoms with E-state index in [1.165, 1.54) is 18.2 Å². The zero-order chi connectivity index (χ0) is 28.3. The third-order valence-corrected chi connectivity index (χ3v) is 10.3. The summed E-state index contributed by atoms with van der Waals surface area (Å²) >= 11 is 0. The van der Waals surface area contributed by atoms with Gasteiger partial charge < -0.3 is 14.9 Å². The second kappa shape index (κ2) is 9.48. The Morgan fingerprint density at radius 1 is 1.23 bits per heavy atom. The molecule has 0 bridgehead atoms. The van der Waals surface area contributed by atoms with Crippen LogP contribution in [0.1, 0.15) is 58.4 Å². The summed E-state index contributed by atoms with van der Waals surface area (Å²) in [4.78, 5) is 48.9. The number of rotatable bonds is 6. The van der Waals surface area contributed by atoms with E-state index in [-0.39, 0.29) is 60.2 Å². The Hall–Kier alpha value is -3.17. The van der Waals surface area contributed by atoms with Crippen molar-refractivity contribution in [3.8, 4) is 0 Å². The van der Waals surface area contributed by atoms with E-state index in [1.807, 2.05) is 13.0 Å². The summed E-state index contributed by atoms with van der Waals surface area (Å²) in [6.07, 6.45) is 5.44. The molecule has 2 unspecified atom stereocenters. The highest BCUT2D eigenvalue weighted by molar-refractivity contribution is 6.01. The number of hydrogen-bond donors (Lipinski definition) is 2. The zero-order valence-corrected chi connectivity index (χ0v) is 22.5. The average Bonchev–Trinajstić information content (AvgIpc) is 3.15. The lowest BCUT2D eigenvalue weighted by molar-refractivity contribution is -0.385. The quantitative estimate of drug-likeness (QED) is 0.241. The summed E-state index contributed by atoms with van der Waals surface area (Å²) < 4.78 is 5.20. The predicted octanol–water partition coefficient (Wildman–Crippen LogP) is 3.85. The Balaban J connectivity index is 1.34. The Morgan fingerprint density at radius 2 is 1.95 bits per heavy atom. The van der Waals surface area contributed by atoms with Crippen molar-refractivity contribution in [2.45, 2.75) is 71.2 Å². The first-order chi connectivity index (χ1) is 18.3. The minimum Gasteiger partial charge on any atom is -0.460 e. The molecule has 2 N–H and O–H groups in total. The van der Waals surface area contributed by atoms with E-state index in [0.29, 0.717) is 6.42 Å². The lowest BCUT2D eigenvalue weighted by Crippen LogP contribution is -2.62. The first kappa shape index (κ1) is 27.4. The number of nitro benzene ring substituents is 1. The highest BCUT2D eigenvalue weighted by Crippen LogP contribution is 2.67. The molecule has 0 heterocycles. The molecule has 39 heavy (non-hydrogen) atoms. The van der Waals surface area contributed by atoms with Crippen LogP contribution in [0, 0.1) is 44.6 Å². The van der Waals surface area contributed by atoms with Crippen LogP contribution in [0.5, 0.6) is 0 Å². The van der Waals surface area contributed by atoms with Gasteiger partial charge in [0.05, 0.1) is 16.6 Å². The van der Waals surface area contributed by atoms with Gasteiger partial charge in [-0.05, 0) is 61.7 Å². The molecule has 0 spiro atoms. The van der Waals surface area contributed by atoms with Crippen LogP contribution in [0.3, 0.4) is 0 Å². The Labute approximate surface area is 227 Å². The first-order valence-corrected chi connectivity index (χ1v) is 13.6. The Kier molecular flexibility index (Phi) is 6.66. The number of hydrogen-bond acceptors (Lipinski definition) is 8. The van der Waals surface area contributed by atoms with Crippen molar-refractivity contribution in [1.82, 2.24) is 0 Å². The highest BCUT2D eigenvalue weighted by atomic mass is 16.6. The van der Waals surface area contributed by atoms with Crippen LogP contribution in [0.15, 0.2) is 48.1 Å². The molecule has 4 aliphatic carbocycles. The van der Waals surface area contributed by atoms with Crippen molar-refractivity contribution in [2.24, 2.45) is 34.5 Å². The van der Waals surface area contributed by atoms with Crippen molar-refractivity contribution in [3.05, 3.63) is 63.7 Å².